The van der Waals surface area contributed by atoms with Crippen LogP contribution in [0.4, 0.5) is 0 Å². The van der Waals surface area contributed by atoms with Gasteiger partial charge in [0.25, 0.3) is 5.91 Å². The number of amides is 2. The largest absolute Gasteiger partial charge is 0.497 e. The maximum Gasteiger partial charge on any atom is 0.252 e. The van der Waals surface area contributed by atoms with Gasteiger partial charge in [0.05, 0.1) is 20.8 Å². The van der Waals surface area contributed by atoms with Crippen LogP contribution in [-0.4, -0.2) is 50.1 Å². The SMILES string of the molecule is COc1ccc(C(=O)NC(C(=O)N2CCC(Oc3cccc(OC)c3)C2)c2ccccc2)cc1. The molecule has 0 bridgehead atoms. The summed E-state index contributed by atoms with van der Waals surface area (Å²) in [4.78, 5) is 28.2. The summed E-state index contributed by atoms with van der Waals surface area (Å²) >= 11 is 0. The van der Waals surface area contributed by atoms with Gasteiger partial charge in [0.15, 0.2) is 0 Å². The van der Waals surface area contributed by atoms with Gasteiger partial charge in [-0.15, -0.1) is 0 Å². The van der Waals surface area contributed by atoms with Gasteiger partial charge in [0.1, 0.15) is 29.4 Å². The number of benzene rings is 3. The van der Waals surface area contributed by atoms with Gasteiger partial charge in [-0.3, -0.25) is 9.59 Å². The number of carbonyl (C=O) groups is 2. The van der Waals surface area contributed by atoms with Crippen molar-refractivity contribution in [3.63, 3.8) is 0 Å². The summed E-state index contributed by atoms with van der Waals surface area (Å²) in [7, 11) is 3.18. The first-order valence-electron chi connectivity index (χ1n) is 11.2. The van der Waals surface area contributed by atoms with E-state index in [0.29, 0.717) is 42.3 Å². The number of carbonyl (C=O) groups excluding carboxylic acids is 2. The molecule has 3 aromatic rings. The summed E-state index contributed by atoms with van der Waals surface area (Å²) < 4.78 is 16.5. The Hall–Kier alpha value is -4.00. The van der Waals surface area contributed by atoms with Gasteiger partial charge >= 0.3 is 0 Å². The summed E-state index contributed by atoms with van der Waals surface area (Å²) in [6, 6.07) is 22.7. The fourth-order valence-corrected chi connectivity index (χ4v) is 3.96. The Morgan fingerprint density at radius 2 is 1.59 bits per heavy atom. The number of hydrogen-bond donors (Lipinski definition) is 1. The van der Waals surface area contributed by atoms with E-state index in [1.807, 2.05) is 54.6 Å². The smallest absolute Gasteiger partial charge is 0.252 e. The van der Waals surface area contributed by atoms with Gasteiger partial charge in [-0.05, 0) is 42.0 Å². The predicted molar refractivity (Wildman–Crippen MR) is 128 cm³/mol. The highest BCUT2D eigenvalue weighted by atomic mass is 16.5. The Balaban J connectivity index is 1.46. The molecule has 1 heterocycles. The number of likely N-dealkylation sites (tertiary alicyclic amines) is 1. The number of hydrogen-bond acceptors (Lipinski definition) is 5. The summed E-state index contributed by atoms with van der Waals surface area (Å²) in [6.07, 6.45) is 0.571. The van der Waals surface area contributed by atoms with Gasteiger partial charge in [-0.2, -0.15) is 0 Å². The minimum Gasteiger partial charge on any atom is -0.497 e. The van der Waals surface area contributed by atoms with Crippen molar-refractivity contribution in [3.8, 4) is 17.2 Å². The summed E-state index contributed by atoms with van der Waals surface area (Å²) in [5.74, 6) is 1.59. The molecule has 4 rings (SSSR count). The van der Waals surface area contributed by atoms with Crippen molar-refractivity contribution in [1.82, 2.24) is 10.2 Å². The third kappa shape index (κ3) is 5.49. The van der Waals surface area contributed by atoms with Crippen LogP contribution in [0.3, 0.4) is 0 Å². The van der Waals surface area contributed by atoms with Gasteiger partial charge in [-0.25, -0.2) is 0 Å². The number of methoxy groups -OCH3 is 2. The fraction of sp³-hybridized carbons (Fsp3) is 0.259. The molecule has 0 aromatic heterocycles. The molecule has 34 heavy (non-hydrogen) atoms. The van der Waals surface area contributed by atoms with E-state index >= 15 is 0 Å². The highest BCUT2D eigenvalue weighted by Gasteiger charge is 2.33. The normalized spacial score (nSPS) is 15.9. The molecule has 7 heteroatoms. The van der Waals surface area contributed by atoms with Gasteiger partial charge in [0.2, 0.25) is 5.91 Å². The molecule has 0 spiro atoms. The van der Waals surface area contributed by atoms with Crippen LogP contribution in [0.1, 0.15) is 28.4 Å². The number of nitrogens with one attached hydrogen (secondary N) is 1. The van der Waals surface area contributed by atoms with E-state index in [4.69, 9.17) is 14.2 Å². The standard InChI is InChI=1S/C27H28N2O5/c1-32-21-13-11-20(12-14-21)26(30)28-25(19-7-4-3-5-8-19)27(31)29-16-15-24(18-29)34-23-10-6-9-22(17-23)33-2/h3-14,17,24-25H,15-16,18H2,1-2H3,(H,28,30). The van der Waals surface area contributed by atoms with Gasteiger partial charge in [0, 0.05) is 24.6 Å². The molecular weight excluding hydrogens is 432 g/mol. The number of nitrogens with zero attached hydrogens (tertiary/aromatic N) is 1. The first kappa shape index (κ1) is 23.2. The first-order valence-corrected chi connectivity index (χ1v) is 11.2. The molecule has 1 saturated heterocycles. The molecule has 1 fully saturated rings. The average molecular weight is 461 g/mol. The number of rotatable bonds is 8. The van der Waals surface area contributed by atoms with Crippen molar-refractivity contribution in [3.05, 3.63) is 90.0 Å². The Kier molecular flexibility index (Phi) is 7.32. The van der Waals surface area contributed by atoms with Crippen molar-refractivity contribution in [2.45, 2.75) is 18.6 Å². The third-order valence-corrected chi connectivity index (χ3v) is 5.81. The van der Waals surface area contributed by atoms with E-state index in [9.17, 15) is 9.59 Å². The van der Waals surface area contributed by atoms with Crippen molar-refractivity contribution < 1.29 is 23.8 Å². The molecule has 2 amide bonds. The van der Waals surface area contributed by atoms with Crippen LogP contribution < -0.4 is 19.5 Å². The lowest BCUT2D eigenvalue weighted by Gasteiger charge is -2.25. The second-order valence-corrected chi connectivity index (χ2v) is 8.04. The molecule has 176 valence electrons. The van der Waals surface area contributed by atoms with Crippen LogP contribution in [-0.2, 0) is 4.79 Å². The molecule has 2 unspecified atom stereocenters. The van der Waals surface area contributed by atoms with Gasteiger partial charge in [-0.1, -0.05) is 36.4 Å². The van der Waals surface area contributed by atoms with Crippen LogP contribution in [0.5, 0.6) is 17.2 Å². The summed E-state index contributed by atoms with van der Waals surface area (Å²) in [6.45, 7) is 0.993. The van der Waals surface area contributed by atoms with Crippen molar-refractivity contribution in [2.75, 3.05) is 27.3 Å². The lowest BCUT2D eigenvalue weighted by atomic mass is 10.0. The minimum absolute atomic E-state index is 0.134. The summed E-state index contributed by atoms with van der Waals surface area (Å²) in [5.41, 5.74) is 1.18. The van der Waals surface area contributed by atoms with E-state index in [0.717, 1.165) is 5.56 Å². The second-order valence-electron chi connectivity index (χ2n) is 8.04. The Labute approximate surface area is 199 Å². The minimum atomic E-state index is -0.800. The zero-order chi connectivity index (χ0) is 23.9. The third-order valence-electron chi connectivity index (χ3n) is 5.81. The topological polar surface area (TPSA) is 77.1 Å². The molecule has 2 atom stereocenters. The molecule has 0 aliphatic carbocycles. The molecule has 1 N–H and O–H groups in total. The Bertz CT molecular complexity index is 1120. The molecule has 7 nitrogen and oxygen atoms in total. The Morgan fingerprint density at radius 3 is 2.29 bits per heavy atom. The van der Waals surface area contributed by atoms with Crippen LogP contribution in [0, 0.1) is 0 Å². The maximum atomic E-state index is 13.5. The van der Waals surface area contributed by atoms with E-state index in [-0.39, 0.29) is 17.9 Å². The summed E-state index contributed by atoms with van der Waals surface area (Å²) in [5, 5.41) is 2.92. The van der Waals surface area contributed by atoms with Gasteiger partial charge < -0.3 is 24.4 Å². The van der Waals surface area contributed by atoms with E-state index in [1.165, 1.54) is 0 Å². The van der Waals surface area contributed by atoms with Crippen molar-refractivity contribution in [1.29, 1.82) is 0 Å². The van der Waals surface area contributed by atoms with E-state index < -0.39 is 6.04 Å². The fourth-order valence-electron chi connectivity index (χ4n) is 3.96. The van der Waals surface area contributed by atoms with Crippen LogP contribution in [0.2, 0.25) is 0 Å². The second kappa shape index (κ2) is 10.7. The molecule has 1 aliphatic heterocycles. The Morgan fingerprint density at radius 1 is 0.882 bits per heavy atom. The average Bonchev–Trinajstić information content (AvgIpc) is 3.36. The maximum absolute atomic E-state index is 13.5. The monoisotopic (exact) mass is 460 g/mol. The molecule has 0 radical (unpaired) electrons. The zero-order valence-corrected chi connectivity index (χ0v) is 19.3. The molecule has 3 aromatic carbocycles. The lowest BCUT2D eigenvalue weighted by molar-refractivity contribution is -0.132. The van der Waals surface area contributed by atoms with Crippen molar-refractivity contribution >= 4 is 11.8 Å². The molecule has 0 saturated carbocycles. The molecular formula is C27H28N2O5. The molecule has 1 aliphatic rings. The van der Waals surface area contributed by atoms with Crippen LogP contribution >= 0.6 is 0 Å². The van der Waals surface area contributed by atoms with Crippen LogP contribution in [0.15, 0.2) is 78.9 Å². The quantitative estimate of drug-likeness (QED) is 0.553. The highest BCUT2D eigenvalue weighted by Crippen LogP contribution is 2.25. The van der Waals surface area contributed by atoms with Crippen LogP contribution in [0.25, 0.3) is 0 Å². The lowest BCUT2D eigenvalue weighted by Crippen LogP contribution is -2.42. The van der Waals surface area contributed by atoms with Crippen molar-refractivity contribution in [2.24, 2.45) is 0 Å². The van der Waals surface area contributed by atoms with E-state index in [1.54, 1.807) is 43.4 Å². The van der Waals surface area contributed by atoms with E-state index in [2.05, 4.69) is 5.32 Å². The number of ether oxygens (including phenoxy) is 3. The highest BCUT2D eigenvalue weighted by molar-refractivity contribution is 5.98. The predicted octanol–water partition coefficient (Wildman–Crippen LogP) is 3.85. The zero-order valence-electron chi connectivity index (χ0n) is 19.3. The first-order chi connectivity index (χ1) is 16.6.